The van der Waals surface area contributed by atoms with Gasteiger partial charge in [-0.1, -0.05) is 23.4 Å². The zero-order chi connectivity index (χ0) is 20.3. The van der Waals surface area contributed by atoms with E-state index in [2.05, 4.69) is 52.3 Å². The first-order valence-electron chi connectivity index (χ1n) is 10.0. The molecule has 0 unspecified atom stereocenters. The fourth-order valence-electron chi connectivity index (χ4n) is 3.61. The molecule has 152 valence electrons. The lowest BCUT2D eigenvalue weighted by atomic mass is 10.3. The molecule has 10 heteroatoms. The number of para-hydroxylation sites is 1. The molecule has 1 N–H and O–H groups in total. The fourth-order valence-corrected chi connectivity index (χ4v) is 3.61. The Hall–Kier alpha value is -3.82. The minimum atomic E-state index is 0.704. The molecular formula is C20H22N10. The first-order valence-corrected chi connectivity index (χ1v) is 10.0. The van der Waals surface area contributed by atoms with Crippen molar-refractivity contribution in [2.24, 2.45) is 0 Å². The Morgan fingerprint density at radius 1 is 0.933 bits per heavy atom. The Morgan fingerprint density at radius 2 is 1.73 bits per heavy atom. The minimum Gasteiger partial charge on any atom is -0.370 e. The monoisotopic (exact) mass is 402 g/mol. The molecule has 0 bridgehead atoms. The minimum absolute atomic E-state index is 0.704. The maximum Gasteiger partial charge on any atom is 0.227 e. The molecule has 10 nitrogen and oxygen atoms in total. The average molecular weight is 402 g/mol. The Labute approximate surface area is 173 Å². The van der Waals surface area contributed by atoms with Crippen molar-refractivity contribution in [3.8, 4) is 5.69 Å². The summed E-state index contributed by atoms with van der Waals surface area (Å²) in [6.45, 7) is 6.06. The van der Waals surface area contributed by atoms with Gasteiger partial charge in [-0.25, -0.2) is 15.0 Å². The Kier molecular flexibility index (Phi) is 4.80. The molecule has 0 saturated carbocycles. The molecule has 1 fully saturated rings. The molecule has 0 spiro atoms. The number of nitrogens with one attached hydrogen (secondary N) is 1. The molecule has 0 aliphatic carbocycles. The normalized spacial score (nSPS) is 14.3. The van der Waals surface area contributed by atoms with Crippen LogP contribution in [0.2, 0.25) is 0 Å². The number of hydrogen-bond acceptors (Lipinski definition) is 9. The Balaban J connectivity index is 1.36. The van der Waals surface area contributed by atoms with E-state index in [0.717, 1.165) is 56.0 Å². The highest BCUT2D eigenvalue weighted by Crippen LogP contribution is 2.24. The van der Waals surface area contributed by atoms with Crippen LogP contribution in [0.3, 0.4) is 0 Å². The molecule has 1 saturated heterocycles. The third-order valence-electron chi connectivity index (χ3n) is 5.08. The van der Waals surface area contributed by atoms with Crippen LogP contribution in [0.5, 0.6) is 0 Å². The molecule has 0 amide bonds. The number of hydrogen-bond donors (Lipinski definition) is 1. The van der Waals surface area contributed by atoms with Gasteiger partial charge >= 0.3 is 0 Å². The van der Waals surface area contributed by atoms with Gasteiger partial charge in [0.15, 0.2) is 17.0 Å². The Bertz CT molecular complexity index is 1130. The maximum atomic E-state index is 4.60. The number of anilines is 3. The Morgan fingerprint density at radius 3 is 2.53 bits per heavy atom. The van der Waals surface area contributed by atoms with E-state index in [0.29, 0.717) is 11.2 Å². The highest BCUT2D eigenvalue weighted by Gasteiger charge is 2.23. The number of piperazine rings is 1. The maximum absolute atomic E-state index is 4.60. The SMILES string of the molecule is CCNc1ccnc(N2CCN(c3ncnc4c3nnn4-c3ccccc3)CC2)n1. The number of aromatic nitrogens is 7. The van der Waals surface area contributed by atoms with Crippen molar-refractivity contribution in [2.75, 3.05) is 47.8 Å². The van der Waals surface area contributed by atoms with Gasteiger partial charge in [-0.15, -0.1) is 5.10 Å². The van der Waals surface area contributed by atoms with Crippen molar-refractivity contribution in [1.29, 1.82) is 0 Å². The van der Waals surface area contributed by atoms with Crippen LogP contribution in [0.15, 0.2) is 48.9 Å². The van der Waals surface area contributed by atoms with Crippen LogP contribution in [0.1, 0.15) is 6.92 Å². The molecule has 4 heterocycles. The molecule has 3 aromatic heterocycles. The number of rotatable bonds is 5. The van der Waals surface area contributed by atoms with Crippen LogP contribution in [-0.2, 0) is 0 Å². The van der Waals surface area contributed by atoms with Crippen LogP contribution >= 0.6 is 0 Å². The van der Waals surface area contributed by atoms with Crippen LogP contribution in [-0.4, -0.2) is 67.7 Å². The van der Waals surface area contributed by atoms with E-state index in [1.807, 2.05) is 36.4 Å². The third kappa shape index (κ3) is 3.36. The van der Waals surface area contributed by atoms with Gasteiger partial charge < -0.3 is 15.1 Å². The summed E-state index contributed by atoms with van der Waals surface area (Å²) in [4.78, 5) is 22.4. The summed E-state index contributed by atoms with van der Waals surface area (Å²) in [5.74, 6) is 2.40. The van der Waals surface area contributed by atoms with E-state index in [1.54, 1.807) is 17.2 Å². The second kappa shape index (κ2) is 7.90. The zero-order valence-electron chi connectivity index (χ0n) is 16.7. The summed E-state index contributed by atoms with van der Waals surface area (Å²) >= 11 is 0. The number of nitrogens with zero attached hydrogens (tertiary/aromatic N) is 9. The van der Waals surface area contributed by atoms with E-state index in [-0.39, 0.29) is 0 Å². The second-order valence-electron chi connectivity index (χ2n) is 6.95. The fraction of sp³-hybridized carbons (Fsp3) is 0.300. The topological polar surface area (TPSA) is 101 Å². The highest BCUT2D eigenvalue weighted by molar-refractivity contribution is 5.83. The van der Waals surface area contributed by atoms with Gasteiger partial charge in [0, 0.05) is 38.9 Å². The summed E-state index contributed by atoms with van der Waals surface area (Å²) in [5.41, 5.74) is 2.34. The molecule has 0 radical (unpaired) electrons. The molecule has 0 atom stereocenters. The molecular weight excluding hydrogens is 380 g/mol. The van der Waals surface area contributed by atoms with E-state index in [9.17, 15) is 0 Å². The van der Waals surface area contributed by atoms with Gasteiger partial charge in [-0.05, 0) is 25.1 Å². The van der Waals surface area contributed by atoms with Gasteiger partial charge in [0.25, 0.3) is 0 Å². The number of fused-ring (bicyclic) bond motifs is 1. The van der Waals surface area contributed by atoms with Crippen LogP contribution in [0, 0.1) is 0 Å². The standard InChI is InChI=1S/C20H22N10/c1-2-21-16-8-9-22-20(25-16)29-12-10-28(11-13-29)18-17-19(24-14-23-18)30(27-26-17)15-6-4-3-5-7-15/h3-9,14H,2,10-13H2,1H3,(H,21,22,25). The van der Waals surface area contributed by atoms with Gasteiger partial charge in [0.2, 0.25) is 5.95 Å². The van der Waals surface area contributed by atoms with Crippen LogP contribution in [0.4, 0.5) is 17.6 Å². The molecule has 1 aliphatic heterocycles. The number of benzene rings is 1. The average Bonchev–Trinajstić information content (AvgIpc) is 3.25. The molecule has 4 aromatic rings. The van der Waals surface area contributed by atoms with Gasteiger partial charge in [-0.2, -0.15) is 9.67 Å². The lowest BCUT2D eigenvalue weighted by Crippen LogP contribution is -2.47. The lowest BCUT2D eigenvalue weighted by molar-refractivity contribution is 0.635. The summed E-state index contributed by atoms with van der Waals surface area (Å²) in [7, 11) is 0. The van der Waals surface area contributed by atoms with Crippen molar-refractivity contribution in [3.63, 3.8) is 0 Å². The molecule has 5 rings (SSSR count). The molecule has 1 aromatic carbocycles. The van der Waals surface area contributed by atoms with Crippen molar-refractivity contribution in [1.82, 2.24) is 34.9 Å². The first kappa shape index (κ1) is 18.2. The largest absolute Gasteiger partial charge is 0.370 e. The highest BCUT2D eigenvalue weighted by atomic mass is 15.5. The summed E-state index contributed by atoms with van der Waals surface area (Å²) in [5, 5.41) is 11.9. The van der Waals surface area contributed by atoms with E-state index in [4.69, 9.17) is 0 Å². The van der Waals surface area contributed by atoms with E-state index >= 15 is 0 Å². The van der Waals surface area contributed by atoms with E-state index in [1.165, 1.54) is 0 Å². The molecule has 1 aliphatic rings. The van der Waals surface area contributed by atoms with Crippen molar-refractivity contribution in [3.05, 3.63) is 48.9 Å². The van der Waals surface area contributed by atoms with Crippen LogP contribution in [0.25, 0.3) is 16.9 Å². The first-order chi connectivity index (χ1) is 14.8. The second-order valence-corrected chi connectivity index (χ2v) is 6.95. The lowest BCUT2D eigenvalue weighted by Gasteiger charge is -2.35. The van der Waals surface area contributed by atoms with Crippen molar-refractivity contribution in [2.45, 2.75) is 6.92 Å². The summed E-state index contributed by atoms with van der Waals surface area (Å²) in [6, 6.07) is 11.8. The molecule has 30 heavy (non-hydrogen) atoms. The third-order valence-corrected chi connectivity index (χ3v) is 5.08. The van der Waals surface area contributed by atoms with Crippen molar-refractivity contribution >= 4 is 28.7 Å². The van der Waals surface area contributed by atoms with Gasteiger partial charge in [0.1, 0.15) is 12.1 Å². The van der Waals surface area contributed by atoms with Gasteiger partial charge in [0.05, 0.1) is 5.69 Å². The van der Waals surface area contributed by atoms with Crippen LogP contribution < -0.4 is 15.1 Å². The summed E-state index contributed by atoms with van der Waals surface area (Å²) < 4.78 is 1.75. The summed E-state index contributed by atoms with van der Waals surface area (Å²) in [6.07, 6.45) is 3.37. The van der Waals surface area contributed by atoms with Gasteiger partial charge in [-0.3, -0.25) is 0 Å². The predicted molar refractivity (Wildman–Crippen MR) is 115 cm³/mol. The van der Waals surface area contributed by atoms with Crippen molar-refractivity contribution < 1.29 is 0 Å². The van der Waals surface area contributed by atoms with E-state index < -0.39 is 0 Å². The zero-order valence-corrected chi connectivity index (χ0v) is 16.7. The smallest absolute Gasteiger partial charge is 0.227 e. The predicted octanol–water partition coefficient (Wildman–Crippen LogP) is 1.76. The quantitative estimate of drug-likeness (QED) is 0.535.